The lowest BCUT2D eigenvalue weighted by atomic mass is 10.1. The summed E-state index contributed by atoms with van der Waals surface area (Å²) in [6.07, 6.45) is 0.486. The molecule has 0 aliphatic carbocycles. The van der Waals surface area contributed by atoms with Crippen LogP contribution in [0.1, 0.15) is 19.4 Å². The Kier molecular flexibility index (Phi) is 4.49. The van der Waals surface area contributed by atoms with Gasteiger partial charge in [0.15, 0.2) is 0 Å². The zero-order valence-corrected chi connectivity index (χ0v) is 12.0. The largest absolute Gasteiger partial charge is 0.372 e. The van der Waals surface area contributed by atoms with Gasteiger partial charge in [-0.05, 0) is 32.5 Å². The molecule has 0 saturated carbocycles. The Balaban J connectivity index is 2.30. The minimum atomic E-state index is 0.243. The van der Waals surface area contributed by atoms with Crippen LogP contribution < -0.4 is 10.2 Å². The maximum Gasteiger partial charge on any atom is 0.0726 e. The topological polar surface area (TPSA) is 24.5 Å². The van der Waals surface area contributed by atoms with E-state index in [1.54, 1.807) is 0 Å². The monoisotopic (exact) mass is 268 g/mol. The normalized spacial score (nSPS) is 24.3. The van der Waals surface area contributed by atoms with E-state index in [0.717, 1.165) is 30.3 Å². The van der Waals surface area contributed by atoms with E-state index in [9.17, 15) is 0 Å². The van der Waals surface area contributed by atoms with E-state index in [4.69, 9.17) is 16.3 Å². The minimum absolute atomic E-state index is 0.243. The van der Waals surface area contributed by atoms with Crippen molar-refractivity contribution in [3.63, 3.8) is 0 Å². The van der Waals surface area contributed by atoms with Gasteiger partial charge in [-0.15, -0.1) is 0 Å². The Morgan fingerprint density at radius 1 is 1.33 bits per heavy atom. The van der Waals surface area contributed by atoms with Crippen LogP contribution in [-0.4, -0.2) is 32.3 Å². The van der Waals surface area contributed by atoms with E-state index >= 15 is 0 Å². The van der Waals surface area contributed by atoms with Gasteiger partial charge in [0.1, 0.15) is 0 Å². The summed E-state index contributed by atoms with van der Waals surface area (Å²) in [5.74, 6) is 0. The van der Waals surface area contributed by atoms with Crippen LogP contribution in [0.15, 0.2) is 18.2 Å². The highest BCUT2D eigenvalue weighted by Gasteiger charge is 2.25. The summed E-state index contributed by atoms with van der Waals surface area (Å²) >= 11 is 6.38. The molecule has 2 unspecified atom stereocenters. The molecule has 1 aliphatic heterocycles. The van der Waals surface area contributed by atoms with Gasteiger partial charge in [0.25, 0.3) is 0 Å². The maximum atomic E-state index is 6.38. The van der Waals surface area contributed by atoms with Crippen molar-refractivity contribution in [1.82, 2.24) is 5.32 Å². The molecular formula is C14H21ClN2O. The molecule has 1 saturated heterocycles. The van der Waals surface area contributed by atoms with Gasteiger partial charge in [-0.1, -0.05) is 23.7 Å². The lowest BCUT2D eigenvalue weighted by molar-refractivity contribution is -0.00525. The summed E-state index contributed by atoms with van der Waals surface area (Å²) in [5, 5.41) is 4.02. The molecule has 1 aliphatic rings. The highest BCUT2D eigenvalue weighted by Crippen LogP contribution is 2.32. The zero-order chi connectivity index (χ0) is 13.1. The lowest BCUT2D eigenvalue weighted by Crippen LogP contribution is -2.46. The number of rotatable bonds is 3. The van der Waals surface area contributed by atoms with Gasteiger partial charge in [0, 0.05) is 19.6 Å². The number of benzene rings is 1. The molecule has 0 bridgehead atoms. The second kappa shape index (κ2) is 5.91. The predicted octanol–water partition coefficient (Wildman–Crippen LogP) is 2.67. The van der Waals surface area contributed by atoms with Gasteiger partial charge in [-0.2, -0.15) is 0 Å². The molecule has 0 amide bonds. The van der Waals surface area contributed by atoms with Crippen LogP contribution in [0.4, 0.5) is 5.69 Å². The van der Waals surface area contributed by atoms with Crippen molar-refractivity contribution in [2.24, 2.45) is 0 Å². The van der Waals surface area contributed by atoms with Crippen LogP contribution in [-0.2, 0) is 11.3 Å². The first kappa shape index (κ1) is 13.7. The third-order valence-electron chi connectivity index (χ3n) is 3.17. The molecule has 1 fully saturated rings. The van der Waals surface area contributed by atoms with Gasteiger partial charge in [-0.25, -0.2) is 0 Å². The molecule has 2 atom stereocenters. The Hall–Kier alpha value is -0.770. The first-order chi connectivity index (χ1) is 8.61. The van der Waals surface area contributed by atoms with Crippen molar-refractivity contribution in [3.05, 3.63) is 28.8 Å². The molecule has 0 radical (unpaired) electrons. The molecule has 2 rings (SSSR count). The van der Waals surface area contributed by atoms with Crippen molar-refractivity contribution in [2.45, 2.75) is 32.6 Å². The number of anilines is 1. The number of ether oxygens (including phenoxy) is 1. The summed E-state index contributed by atoms with van der Waals surface area (Å²) < 4.78 is 5.78. The van der Waals surface area contributed by atoms with Crippen molar-refractivity contribution < 1.29 is 4.74 Å². The first-order valence-electron chi connectivity index (χ1n) is 6.44. The fourth-order valence-corrected chi connectivity index (χ4v) is 2.92. The number of nitrogens with one attached hydrogen (secondary N) is 1. The highest BCUT2D eigenvalue weighted by molar-refractivity contribution is 6.33. The van der Waals surface area contributed by atoms with E-state index in [2.05, 4.69) is 30.1 Å². The van der Waals surface area contributed by atoms with Crippen LogP contribution in [0, 0.1) is 0 Å². The Labute approximate surface area is 114 Å². The number of morpholine rings is 1. The van der Waals surface area contributed by atoms with Crippen molar-refractivity contribution in [1.29, 1.82) is 0 Å². The van der Waals surface area contributed by atoms with Crippen LogP contribution >= 0.6 is 11.6 Å². The number of nitrogens with zero attached hydrogens (tertiary/aromatic N) is 1. The summed E-state index contributed by atoms with van der Waals surface area (Å²) in [4.78, 5) is 2.34. The summed E-state index contributed by atoms with van der Waals surface area (Å²) in [6.45, 7) is 6.83. The van der Waals surface area contributed by atoms with Gasteiger partial charge in [0.05, 0.1) is 22.9 Å². The zero-order valence-electron chi connectivity index (χ0n) is 11.2. The number of hydrogen-bond donors (Lipinski definition) is 1. The molecule has 4 heteroatoms. The fourth-order valence-electron chi connectivity index (χ4n) is 2.61. The average Bonchev–Trinajstić information content (AvgIpc) is 2.28. The van der Waals surface area contributed by atoms with Crippen LogP contribution in [0.3, 0.4) is 0 Å². The Bertz CT molecular complexity index is 401. The molecule has 1 N–H and O–H groups in total. The molecule has 1 aromatic rings. The van der Waals surface area contributed by atoms with Gasteiger partial charge >= 0.3 is 0 Å². The smallest absolute Gasteiger partial charge is 0.0726 e. The molecule has 0 spiro atoms. The average molecular weight is 269 g/mol. The van der Waals surface area contributed by atoms with Gasteiger partial charge < -0.3 is 15.0 Å². The summed E-state index contributed by atoms with van der Waals surface area (Å²) in [7, 11) is 1.95. The molecule has 0 aromatic heterocycles. The second-order valence-electron chi connectivity index (χ2n) is 4.94. The van der Waals surface area contributed by atoms with Crippen molar-refractivity contribution >= 4 is 17.3 Å². The minimum Gasteiger partial charge on any atom is -0.372 e. The highest BCUT2D eigenvalue weighted by atomic mass is 35.5. The standard InChI is InChI=1S/C14H21ClN2O/c1-10-8-17(9-11(2)18-10)14-12(7-16-3)5-4-6-13(14)15/h4-6,10-11,16H,7-9H2,1-3H3. The number of para-hydroxylation sites is 1. The summed E-state index contributed by atoms with van der Waals surface area (Å²) in [6, 6.07) is 6.09. The molecule has 100 valence electrons. The van der Waals surface area contributed by atoms with Gasteiger partial charge in [0.2, 0.25) is 0 Å². The number of hydrogen-bond acceptors (Lipinski definition) is 3. The second-order valence-corrected chi connectivity index (χ2v) is 5.35. The van der Waals surface area contributed by atoms with Crippen molar-refractivity contribution in [2.75, 3.05) is 25.0 Å². The lowest BCUT2D eigenvalue weighted by Gasteiger charge is -2.38. The van der Waals surface area contributed by atoms with Gasteiger partial charge in [-0.3, -0.25) is 0 Å². The third-order valence-corrected chi connectivity index (χ3v) is 3.48. The quantitative estimate of drug-likeness (QED) is 0.912. The molecule has 1 aromatic carbocycles. The van der Waals surface area contributed by atoms with E-state index in [0.29, 0.717) is 0 Å². The van der Waals surface area contributed by atoms with Crippen molar-refractivity contribution in [3.8, 4) is 0 Å². The summed E-state index contributed by atoms with van der Waals surface area (Å²) in [5.41, 5.74) is 2.39. The molecule has 3 nitrogen and oxygen atoms in total. The number of halogens is 1. The van der Waals surface area contributed by atoms with E-state index < -0.39 is 0 Å². The van der Waals surface area contributed by atoms with E-state index in [-0.39, 0.29) is 12.2 Å². The predicted molar refractivity (Wildman–Crippen MR) is 76.4 cm³/mol. The van der Waals surface area contributed by atoms with Crippen LogP contribution in [0.2, 0.25) is 5.02 Å². The van der Waals surface area contributed by atoms with Crippen LogP contribution in [0.5, 0.6) is 0 Å². The Morgan fingerprint density at radius 2 is 2.00 bits per heavy atom. The third kappa shape index (κ3) is 2.97. The van der Waals surface area contributed by atoms with E-state index in [1.807, 2.05) is 19.2 Å². The molecule has 1 heterocycles. The molecule has 18 heavy (non-hydrogen) atoms. The van der Waals surface area contributed by atoms with Crippen LogP contribution in [0.25, 0.3) is 0 Å². The first-order valence-corrected chi connectivity index (χ1v) is 6.82. The SMILES string of the molecule is CNCc1cccc(Cl)c1N1CC(C)OC(C)C1. The van der Waals surface area contributed by atoms with E-state index in [1.165, 1.54) is 5.56 Å². The maximum absolute atomic E-state index is 6.38. The Morgan fingerprint density at radius 3 is 2.61 bits per heavy atom. The fraction of sp³-hybridized carbons (Fsp3) is 0.571. The molecular weight excluding hydrogens is 248 g/mol.